The molecule has 0 aliphatic rings. The summed E-state index contributed by atoms with van der Waals surface area (Å²) in [4.78, 5) is 27.5. The maximum atomic E-state index is 13.3. The lowest BCUT2D eigenvalue weighted by atomic mass is 10.1. The molecule has 2 aromatic rings. The number of nitrogens with one attached hydrogen (secondary N) is 1. The lowest BCUT2D eigenvalue weighted by Crippen LogP contribution is -2.52. The van der Waals surface area contributed by atoms with Crippen molar-refractivity contribution in [3.05, 3.63) is 66.0 Å². The van der Waals surface area contributed by atoms with Crippen molar-refractivity contribution < 1.29 is 22.4 Å². The van der Waals surface area contributed by atoms with Gasteiger partial charge in [-0.05, 0) is 63.9 Å². The van der Waals surface area contributed by atoms with Gasteiger partial charge in [0.2, 0.25) is 21.8 Å². The molecule has 2 rings (SSSR count). The Morgan fingerprint density at radius 3 is 2.15 bits per heavy atom. The van der Waals surface area contributed by atoms with E-state index in [2.05, 4.69) is 5.32 Å². The number of hydrogen-bond acceptors (Lipinski definition) is 4. The molecule has 2 amide bonds. The summed E-state index contributed by atoms with van der Waals surface area (Å²) in [5.41, 5.74) is 0.767. The van der Waals surface area contributed by atoms with Crippen LogP contribution in [0.25, 0.3) is 0 Å². The van der Waals surface area contributed by atoms with Crippen LogP contribution in [0.15, 0.2) is 54.6 Å². The predicted octanol–water partition coefficient (Wildman–Crippen LogP) is 3.70. The van der Waals surface area contributed by atoms with Crippen LogP contribution in [0.1, 0.15) is 46.1 Å². The Labute approximate surface area is 202 Å². The third-order valence-electron chi connectivity index (χ3n) is 5.13. The van der Waals surface area contributed by atoms with Gasteiger partial charge >= 0.3 is 0 Å². The van der Waals surface area contributed by atoms with Crippen molar-refractivity contribution in [2.24, 2.45) is 0 Å². The topological polar surface area (TPSA) is 86.8 Å². The van der Waals surface area contributed by atoms with Crippen LogP contribution in [-0.2, 0) is 26.2 Å². The van der Waals surface area contributed by atoms with Crippen LogP contribution in [0.5, 0.6) is 0 Å². The first-order valence-corrected chi connectivity index (χ1v) is 13.0. The standard InChI is InChI=1S/C25H34FN3O4S/c1-19(24(31)27-25(2,3)4)28(18-20-10-7-6-8-11-20)23(30)12-9-17-29(34(5,32)33)22-15-13-21(26)14-16-22/h6-8,10-11,13-16,19H,9,12,17-18H2,1-5H3,(H,27,31)/t19-/m0/s1. The van der Waals surface area contributed by atoms with Gasteiger partial charge in [-0.1, -0.05) is 30.3 Å². The van der Waals surface area contributed by atoms with Crippen molar-refractivity contribution in [3.8, 4) is 0 Å². The number of sulfonamides is 1. The van der Waals surface area contributed by atoms with E-state index in [9.17, 15) is 22.4 Å². The van der Waals surface area contributed by atoms with Gasteiger partial charge in [0.05, 0.1) is 11.9 Å². The molecule has 0 saturated carbocycles. The highest BCUT2D eigenvalue weighted by Gasteiger charge is 2.28. The summed E-state index contributed by atoms with van der Waals surface area (Å²) in [6.07, 6.45) is 1.36. The highest BCUT2D eigenvalue weighted by Crippen LogP contribution is 2.19. The smallest absolute Gasteiger partial charge is 0.242 e. The minimum Gasteiger partial charge on any atom is -0.350 e. The number of carbonyl (C=O) groups excluding carboxylic acids is 2. The molecule has 0 heterocycles. The zero-order valence-corrected chi connectivity index (χ0v) is 21.2. The first-order valence-electron chi connectivity index (χ1n) is 11.2. The monoisotopic (exact) mass is 491 g/mol. The molecule has 0 aromatic heterocycles. The molecule has 7 nitrogen and oxygen atoms in total. The number of hydrogen-bond donors (Lipinski definition) is 1. The van der Waals surface area contributed by atoms with Gasteiger partial charge in [0.1, 0.15) is 11.9 Å². The van der Waals surface area contributed by atoms with Crippen LogP contribution >= 0.6 is 0 Å². The first kappa shape index (κ1) is 27.3. The highest BCUT2D eigenvalue weighted by molar-refractivity contribution is 7.92. The summed E-state index contributed by atoms with van der Waals surface area (Å²) in [5.74, 6) is -0.986. The molecule has 0 fully saturated rings. The van der Waals surface area contributed by atoms with Gasteiger partial charge < -0.3 is 10.2 Å². The zero-order valence-electron chi connectivity index (χ0n) is 20.4. The molecule has 186 valence electrons. The molecular formula is C25H34FN3O4S. The largest absolute Gasteiger partial charge is 0.350 e. The molecule has 0 bridgehead atoms. The second-order valence-electron chi connectivity index (χ2n) is 9.34. The number of halogens is 1. The molecule has 0 aliphatic carbocycles. The van der Waals surface area contributed by atoms with Gasteiger partial charge in [-0.2, -0.15) is 0 Å². The maximum Gasteiger partial charge on any atom is 0.242 e. The van der Waals surface area contributed by atoms with Gasteiger partial charge in [0, 0.05) is 25.0 Å². The van der Waals surface area contributed by atoms with E-state index in [0.717, 1.165) is 16.1 Å². The summed E-state index contributed by atoms with van der Waals surface area (Å²) in [7, 11) is -3.63. The fourth-order valence-corrected chi connectivity index (χ4v) is 4.41. The minimum absolute atomic E-state index is 0.0488. The second-order valence-corrected chi connectivity index (χ2v) is 11.2. The molecule has 0 aliphatic heterocycles. The van der Waals surface area contributed by atoms with E-state index in [0.29, 0.717) is 5.69 Å². The highest BCUT2D eigenvalue weighted by atomic mass is 32.2. The molecule has 1 atom stereocenters. The number of anilines is 1. The van der Waals surface area contributed by atoms with E-state index in [1.807, 2.05) is 51.1 Å². The van der Waals surface area contributed by atoms with Crippen LogP contribution in [0.4, 0.5) is 10.1 Å². The number of amides is 2. The third-order valence-corrected chi connectivity index (χ3v) is 6.32. The normalized spacial score (nSPS) is 12.6. The Kier molecular flexibility index (Phi) is 9.21. The summed E-state index contributed by atoms with van der Waals surface area (Å²) < 4.78 is 39.0. The maximum absolute atomic E-state index is 13.3. The Hall–Kier alpha value is -2.94. The molecular weight excluding hydrogens is 457 g/mol. The number of rotatable bonds is 10. The Bertz CT molecular complexity index is 1070. The van der Waals surface area contributed by atoms with Gasteiger partial charge in [-0.25, -0.2) is 12.8 Å². The van der Waals surface area contributed by atoms with Gasteiger partial charge in [-0.15, -0.1) is 0 Å². The average Bonchev–Trinajstić information content (AvgIpc) is 2.74. The Balaban J connectivity index is 2.15. The molecule has 0 saturated heterocycles. The zero-order chi connectivity index (χ0) is 25.5. The number of carbonyl (C=O) groups is 2. The van der Waals surface area contributed by atoms with Crippen LogP contribution in [0.2, 0.25) is 0 Å². The van der Waals surface area contributed by atoms with Crippen molar-refractivity contribution in [1.82, 2.24) is 10.2 Å². The fraction of sp³-hybridized carbons (Fsp3) is 0.440. The molecule has 0 unspecified atom stereocenters. The van der Waals surface area contributed by atoms with Crippen molar-refractivity contribution in [2.75, 3.05) is 17.1 Å². The number of benzene rings is 2. The summed E-state index contributed by atoms with van der Waals surface area (Å²) in [6, 6.07) is 13.8. The van der Waals surface area contributed by atoms with Gasteiger partial charge in [0.15, 0.2) is 0 Å². The first-order chi connectivity index (χ1) is 15.8. The minimum atomic E-state index is -3.63. The van der Waals surface area contributed by atoms with Crippen LogP contribution in [-0.4, -0.2) is 49.5 Å². The summed E-state index contributed by atoms with van der Waals surface area (Å²) in [6.45, 7) is 7.61. The van der Waals surface area contributed by atoms with Crippen molar-refractivity contribution in [3.63, 3.8) is 0 Å². The predicted molar refractivity (Wildman–Crippen MR) is 132 cm³/mol. The van der Waals surface area contributed by atoms with Gasteiger partial charge in [0.25, 0.3) is 0 Å². The lowest BCUT2D eigenvalue weighted by molar-refractivity contribution is -0.141. The summed E-state index contributed by atoms with van der Waals surface area (Å²) >= 11 is 0. The van der Waals surface area contributed by atoms with E-state index in [1.54, 1.807) is 6.92 Å². The van der Waals surface area contributed by atoms with E-state index in [1.165, 1.54) is 29.2 Å². The van der Waals surface area contributed by atoms with Gasteiger partial charge in [-0.3, -0.25) is 13.9 Å². The molecule has 2 aromatic carbocycles. The molecule has 1 N–H and O–H groups in total. The SMILES string of the molecule is C[C@@H](C(=O)NC(C)(C)C)N(Cc1ccccc1)C(=O)CCCN(c1ccc(F)cc1)S(C)(=O)=O. The fourth-order valence-electron chi connectivity index (χ4n) is 3.45. The van der Waals surface area contributed by atoms with Crippen molar-refractivity contribution in [2.45, 2.75) is 58.7 Å². The van der Waals surface area contributed by atoms with Crippen LogP contribution in [0, 0.1) is 5.82 Å². The molecule has 34 heavy (non-hydrogen) atoms. The average molecular weight is 492 g/mol. The second kappa shape index (κ2) is 11.5. The molecule has 0 radical (unpaired) electrons. The number of nitrogens with zero attached hydrogens (tertiary/aromatic N) is 2. The molecule has 0 spiro atoms. The third kappa shape index (κ3) is 8.44. The van der Waals surface area contributed by atoms with E-state index >= 15 is 0 Å². The quantitative estimate of drug-likeness (QED) is 0.549. The van der Waals surface area contributed by atoms with E-state index < -0.39 is 27.4 Å². The van der Waals surface area contributed by atoms with Crippen molar-refractivity contribution >= 4 is 27.5 Å². The van der Waals surface area contributed by atoms with Crippen LogP contribution in [0.3, 0.4) is 0 Å². The Morgan fingerprint density at radius 1 is 1.03 bits per heavy atom. The summed E-state index contributed by atoms with van der Waals surface area (Å²) in [5, 5.41) is 2.91. The van der Waals surface area contributed by atoms with E-state index in [4.69, 9.17) is 0 Å². The van der Waals surface area contributed by atoms with Crippen LogP contribution < -0.4 is 9.62 Å². The van der Waals surface area contributed by atoms with E-state index in [-0.39, 0.29) is 37.7 Å². The van der Waals surface area contributed by atoms with Crippen molar-refractivity contribution in [1.29, 1.82) is 0 Å². The Morgan fingerprint density at radius 2 is 1.62 bits per heavy atom. The molecule has 9 heteroatoms. The lowest BCUT2D eigenvalue weighted by Gasteiger charge is -2.32.